The van der Waals surface area contributed by atoms with E-state index in [1.165, 1.54) is 16.3 Å². The molecule has 1 aromatic heterocycles. The van der Waals surface area contributed by atoms with Crippen LogP contribution in [0.5, 0.6) is 0 Å². The molecule has 116 valence electrons. The number of ether oxygens (including phenoxy) is 1. The van der Waals surface area contributed by atoms with Gasteiger partial charge in [-0.25, -0.2) is 8.42 Å². The first kappa shape index (κ1) is 15.9. The van der Waals surface area contributed by atoms with E-state index < -0.39 is 21.8 Å². The first-order valence-corrected chi connectivity index (χ1v) is 8.95. The van der Waals surface area contributed by atoms with Crippen LogP contribution >= 0.6 is 11.3 Å². The van der Waals surface area contributed by atoms with Gasteiger partial charge in [-0.05, 0) is 6.07 Å². The van der Waals surface area contributed by atoms with Gasteiger partial charge >= 0.3 is 5.97 Å². The van der Waals surface area contributed by atoms with E-state index in [2.05, 4.69) is 0 Å². The van der Waals surface area contributed by atoms with Gasteiger partial charge in [0.05, 0.1) is 31.2 Å². The molecule has 0 bridgehead atoms. The molecule has 1 amide bonds. The molecule has 1 aromatic rings. The van der Waals surface area contributed by atoms with Crippen LogP contribution in [0.25, 0.3) is 0 Å². The van der Waals surface area contributed by atoms with Gasteiger partial charge in [-0.15, -0.1) is 11.3 Å². The Morgan fingerprint density at radius 3 is 2.81 bits per heavy atom. The number of carbonyl (C=O) groups excluding carboxylic acids is 1. The predicted octanol–water partition coefficient (Wildman–Crippen LogP) is 0.467. The summed E-state index contributed by atoms with van der Waals surface area (Å²) in [4.78, 5) is 24.7. The lowest BCUT2D eigenvalue weighted by Crippen LogP contribution is -2.49. The summed E-state index contributed by atoms with van der Waals surface area (Å²) in [5.74, 6) is -1.37. The largest absolute Gasteiger partial charge is 0.481 e. The van der Waals surface area contributed by atoms with Crippen molar-refractivity contribution in [2.24, 2.45) is 0 Å². The average Bonchev–Trinajstić information content (AvgIpc) is 2.87. The van der Waals surface area contributed by atoms with Gasteiger partial charge in [0.25, 0.3) is 5.91 Å². The van der Waals surface area contributed by atoms with Crippen molar-refractivity contribution in [3.63, 3.8) is 0 Å². The highest BCUT2D eigenvalue weighted by atomic mass is 32.2. The lowest BCUT2D eigenvalue weighted by Gasteiger charge is -2.34. The van der Waals surface area contributed by atoms with Crippen molar-refractivity contribution >= 4 is 33.1 Å². The number of hydrogen-bond acceptors (Lipinski definition) is 6. The van der Waals surface area contributed by atoms with Gasteiger partial charge in [-0.2, -0.15) is 0 Å². The maximum Gasteiger partial charge on any atom is 0.305 e. The maximum atomic E-state index is 12.4. The van der Waals surface area contributed by atoms with Crippen LogP contribution in [0.2, 0.25) is 0 Å². The molecular formula is C12H15NO6S2. The number of sulfone groups is 1. The molecule has 0 aromatic carbocycles. The molecule has 0 spiro atoms. The van der Waals surface area contributed by atoms with E-state index >= 15 is 0 Å². The molecule has 2 heterocycles. The predicted molar refractivity (Wildman–Crippen MR) is 75.3 cm³/mol. The number of hydrogen-bond donors (Lipinski definition) is 1. The summed E-state index contributed by atoms with van der Waals surface area (Å²) in [5.41, 5.74) is 0.262. The summed E-state index contributed by atoms with van der Waals surface area (Å²) in [6.07, 6.45) is 0.879. The standard InChI is InChI=1S/C12H15NO6S2/c1-21(17,18)11-4-8(7-20-11)12(16)13-2-3-19-6-9(13)5-10(14)15/h4,7,9H,2-3,5-6H2,1H3,(H,14,15). The van der Waals surface area contributed by atoms with E-state index in [-0.39, 0.29) is 28.7 Å². The maximum absolute atomic E-state index is 12.4. The smallest absolute Gasteiger partial charge is 0.305 e. The molecule has 1 aliphatic heterocycles. The number of carboxylic acids is 1. The van der Waals surface area contributed by atoms with Crippen LogP contribution in [-0.4, -0.2) is 62.4 Å². The van der Waals surface area contributed by atoms with Gasteiger partial charge in [0, 0.05) is 18.2 Å². The number of carbonyl (C=O) groups is 2. The van der Waals surface area contributed by atoms with Gasteiger partial charge in [-0.3, -0.25) is 9.59 Å². The SMILES string of the molecule is CS(=O)(=O)c1cc(C(=O)N2CCOCC2CC(=O)O)cs1. The zero-order valence-corrected chi connectivity index (χ0v) is 12.9. The fraction of sp³-hybridized carbons (Fsp3) is 0.500. The summed E-state index contributed by atoms with van der Waals surface area (Å²) < 4.78 is 28.2. The Kier molecular flexibility index (Phi) is 4.64. The summed E-state index contributed by atoms with van der Waals surface area (Å²) in [6.45, 7) is 0.798. The molecule has 1 atom stereocenters. The second-order valence-corrected chi connectivity index (χ2v) is 7.91. The number of morpholine rings is 1. The molecule has 1 aliphatic rings. The van der Waals surface area contributed by atoms with Gasteiger partial charge < -0.3 is 14.7 Å². The van der Waals surface area contributed by atoms with Crippen LogP contribution in [0.3, 0.4) is 0 Å². The van der Waals surface area contributed by atoms with Crippen LogP contribution in [0.15, 0.2) is 15.7 Å². The molecule has 1 saturated heterocycles. The lowest BCUT2D eigenvalue weighted by molar-refractivity contribution is -0.139. The Hall–Kier alpha value is -1.45. The molecule has 7 nitrogen and oxygen atoms in total. The molecular weight excluding hydrogens is 318 g/mol. The van der Waals surface area contributed by atoms with Crippen molar-refractivity contribution in [2.75, 3.05) is 26.0 Å². The molecule has 0 radical (unpaired) electrons. The number of aliphatic carboxylic acids is 1. The molecule has 2 rings (SSSR count). The molecule has 0 saturated carbocycles. The van der Waals surface area contributed by atoms with Gasteiger partial charge in [0.15, 0.2) is 9.84 Å². The van der Waals surface area contributed by atoms with E-state index in [0.717, 1.165) is 17.6 Å². The van der Waals surface area contributed by atoms with E-state index in [4.69, 9.17) is 9.84 Å². The Bertz CT molecular complexity index is 650. The Morgan fingerprint density at radius 1 is 1.52 bits per heavy atom. The molecule has 9 heteroatoms. The molecule has 0 aliphatic carbocycles. The van der Waals surface area contributed by atoms with Crippen LogP contribution in [0.1, 0.15) is 16.8 Å². The Labute approximate surface area is 126 Å². The van der Waals surface area contributed by atoms with Crippen molar-refractivity contribution in [3.05, 3.63) is 17.0 Å². The fourth-order valence-electron chi connectivity index (χ4n) is 2.08. The van der Waals surface area contributed by atoms with E-state index in [9.17, 15) is 18.0 Å². The highest BCUT2D eigenvalue weighted by molar-refractivity contribution is 7.92. The van der Waals surface area contributed by atoms with Crippen LogP contribution in [0, 0.1) is 0 Å². The van der Waals surface area contributed by atoms with Crippen molar-refractivity contribution in [2.45, 2.75) is 16.7 Å². The number of amides is 1. The Morgan fingerprint density at radius 2 is 2.24 bits per heavy atom. The van der Waals surface area contributed by atoms with E-state index in [1.807, 2.05) is 0 Å². The second kappa shape index (κ2) is 6.12. The van der Waals surface area contributed by atoms with Crippen LogP contribution in [-0.2, 0) is 19.4 Å². The summed E-state index contributed by atoms with van der Waals surface area (Å²) in [6, 6.07) is 0.792. The van der Waals surface area contributed by atoms with E-state index in [1.54, 1.807) is 0 Å². The van der Waals surface area contributed by atoms with Gasteiger partial charge in [0.2, 0.25) is 0 Å². The number of nitrogens with zero attached hydrogens (tertiary/aromatic N) is 1. The fourth-order valence-corrected chi connectivity index (χ4v) is 3.87. The third kappa shape index (κ3) is 3.80. The van der Waals surface area contributed by atoms with Crippen molar-refractivity contribution in [3.8, 4) is 0 Å². The second-order valence-electron chi connectivity index (χ2n) is 4.75. The highest BCUT2D eigenvalue weighted by Crippen LogP contribution is 2.23. The van der Waals surface area contributed by atoms with Crippen molar-refractivity contribution < 1.29 is 27.9 Å². The zero-order valence-electron chi connectivity index (χ0n) is 11.3. The average molecular weight is 333 g/mol. The minimum Gasteiger partial charge on any atom is -0.481 e. The zero-order chi connectivity index (χ0) is 15.6. The third-order valence-corrected chi connectivity index (χ3v) is 5.85. The summed E-state index contributed by atoms with van der Waals surface area (Å²) >= 11 is 0.981. The molecule has 21 heavy (non-hydrogen) atoms. The summed E-state index contributed by atoms with van der Waals surface area (Å²) in [7, 11) is -3.35. The molecule has 1 N–H and O–H groups in total. The summed E-state index contributed by atoms with van der Waals surface area (Å²) in [5, 5.41) is 10.4. The lowest BCUT2D eigenvalue weighted by atomic mass is 10.1. The normalized spacial score (nSPS) is 19.5. The number of rotatable bonds is 4. The van der Waals surface area contributed by atoms with Crippen molar-refractivity contribution in [1.82, 2.24) is 4.90 Å². The third-order valence-electron chi connectivity index (χ3n) is 3.09. The van der Waals surface area contributed by atoms with Gasteiger partial charge in [0.1, 0.15) is 4.21 Å². The van der Waals surface area contributed by atoms with Crippen LogP contribution < -0.4 is 0 Å². The minimum absolute atomic E-state index is 0.119. The van der Waals surface area contributed by atoms with Gasteiger partial charge in [-0.1, -0.05) is 0 Å². The molecule has 1 unspecified atom stereocenters. The first-order valence-electron chi connectivity index (χ1n) is 6.18. The van der Waals surface area contributed by atoms with E-state index in [0.29, 0.717) is 13.2 Å². The van der Waals surface area contributed by atoms with Crippen LogP contribution in [0.4, 0.5) is 0 Å². The monoisotopic (exact) mass is 333 g/mol. The molecule has 1 fully saturated rings. The first-order chi connectivity index (χ1) is 9.79. The Balaban J connectivity index is 2.20. The highest BCUT2D eigenvalue weighted by Gasteiger charge is 2.30. The number of carboxylic acid groups (broad SMARTS) is 1. The number of thiophene rings is 1. The van der Waals surface area contributed by atoms with Crippen molar-refractivity contribution in [1.29, 1.82) is 0 Å². The quantitative estimate of drug-likeness (QED) is 0.859. The minimum atomic E-state index is -3.35. The topological polar surface area (TPSA) is 101 Å².